The lowest BCUT2D eigenvalue weighted by Crippen LogP contribution is -2.49. The molecular formula is C20H28ClN3O3. The summed E-state index contributed by atoms with van der Waals surface area (Å²) in [6.45, 7) is 4.57. The minimum absolute atomic E-state index is 0. The quantitative estimate of drug-likeness (QED) is 0.453. The fraction of sp³-hybridized carbons (Fsp3) is 0.550. The molecule has 1 aromatic rings. The molecule has 2 bridgehead atoms. The molecule has 2 atom stereocenters. The number of amides is 1. The van der Waals surface area contributed by atoms with Gasteiger partial charge in [-0.25, -0.2) is 0 Å². The average molecular weight is 394 g/mol. The van der Waals surface area contributed by atoms with Crippen LogP contribution in [0.3, 0.4) is 0 Å². The first kappa shape index (κ1) is 21.4. The third-order valence-corrected chi connectivity index (χ3v) is 5.92. The molecule has 0 saturated heterocycles. The highest BCUT2D eigenvalue weighted by atomic mass is 35.5. The van der Waals surface area contributed by atoms with Crippen molar-refractivity contribution >= 4 is 24.0 Å². The van der Waals surface area contributed by atoms with Crippen molar-refractivity contribution in [1.82, 2.24) is 4.90 Å². The second-order valence-electron chi connectivity index (χ2n) is 7.63. The molecule has 2 N–H and O–H groups in total. The van der Waals surface area contributed by atoms with E-state index in [1.54, 1.807) is 17.0 Å². The molecule has 0 heterocycles. The number of rotatable bonds is 6. The number of nitrogens with zero attached hydrogens (tertiary/aromatic N) is 2. The highest BCUT2D eigenvalue weighted by Crippen LogP contribution is 2.42. The van der Waals surface area contributed by atoms with Gasteiger partial charge in [-0.3, -0.25) is 14.9 Å². The van der Waals surface area contributed by atoms with E-state index >= 15 is 0 Å². The Bertz CT molecular complexity index is 683. The van der Waals surface area contributed by atoms with Gasteiger partial charge in [0.05, 0.1) is 4.92 Å². The van der Waals surface area contributed by atoms with Gasteiger partial charge in [-0.2, -0.15) is 0 Å². The fourth-order valence-electron chi connectivity index (χ4n) is 4.63. The zero-order valence-electron chi connectivity index (χ0n) is 15.5. The van der Waals surface area contributed by atoms with Gasteiger partial charge in [0.2, 0.25) is 5.91 Å². The zero-order valence-corrected chi connectivity index (χ0v) is 16.3. The third-order valence-electron chi connectivity index (χ3n) is 5.92. The van der Waals surface area contributed by atoms with Crippen molar-refractivity contribution in [2.24, 2.45) is 23.5 Å². The van der Waals surface area contributed by atoms with Crippen molar-refractivity contribution in [3.63, 3.8) is 0 Å². The van der Waals surface area contributed by atoms with E-state index in [4.69, 9.17) is 5.73 Å². The molecule has 0 radical (unpaired) electrons. The number of nitro groups is 1. The van der Waals surface area contributed by atoms with Gasteiger partial charge in [-0.15, -0.1) is 19.0 Å². The van der Waals surface area contributed by atoms with Gasteiger partial charge < -0.3 is 10.6 Å². The Morgan fingerprint density at radius 3 is 2.59 bits per heavy atom. The highest BCUT2D eigenvalue weighted by Gasteiger charge is 2.41. The lowest BCUT2D eigenvalue weighted by Gasteiger charge is -2.44. The number of nitrogens with two attached hydrogens (primary N) is 1. The maximum absolute atomic E-state index is 13.2. The van der Waals surface area contributed by atoms with Gasteiger partial charge in [0.1, 0.15) is 0 Å². The summed E-state index contributed by atoms with van der Waals surface area (Å²) >= 11 is 0. The number of benzene rings is 1. The second kappa shape index (κ2) is 9.33. The molecule has 7 heteroatoms. The summed E-state index contributed by atoms with van der Waals surface area (Å²) < 4.78 is 0. The molecule has 1 aromatic carbocycles. The minimum Gasteiger partial charge on any atom is -0.334 e. The Labute approximate surface area is 166 Å². The number of hydrogen-bond acceptors (Lipinski definition) is 4. The Balaban J connectivity index is 0.00000261. The van der Waals surface area contributed by atoms with Crippen molar-refractivity contribution in [2.75, 3.05) is 6.54 Å². The summed E-state index contributed by atoms with van der Waals surface area (Å²) in [7, 11) is 0. The summed E-state index contributed by atoms with van der Waals surface area (Å²) in [5.74, 6) is 1.02. The first-order valence-electron chi connectivity index (χ1n) is 9.38. The van der Waals surface area contributed by atoms with E-state index in [1.165, 1.54) is 18.6 Å². The Hall–Kier alpha value is -1.92. The average Bonchev–Trinajstić information content (AvgIpc) is 2.61. The van der Waals surface area contributed by atoms with E-state index in [0.717, 1.165) is 31.2 Å². The summed E-state index contributed by atoms with van der Waals surface area (Å²) in [4.78, 5) is 25.5. The normalized spacial score (nSPS) is 26.6. The lowest BCUT2D eigenvalue weighted by atomic mass is 9.65. The Morgan fingerprint density at radius 2 is 2.00 bits per heavy atom. The number of fused-ring (bicyclic) bond motifs is 2. The molecule has 27 heavy (non-hydrogen) atoms. The molecule has 2 aliphatic carbocycles. The Kier molecular flexibility index (Phi) is 7.39. The van der Waals surface area contributed by atoms with Gasteiger partial charge >= 0.3 is 0 Å². The standard InChI is InChI=1S/C20H27N3O3.ClH/c1-2-9-22(13-14-5-3-8-18(10-14)23(25)26)20(24)17-11-15-6-4-7-16(12-17)19(15)21;/h2-3,5,8,10,15-17,19H,1,4,6-7,9,11-13,21H2;1H. The Morgan fingerprint density at radius 1 is 1.33 bits per heavy atom. The largest absolute Gasteiger partial charge is 0.334 e. The smallest absolute Gasteiger partial charge is 0.269 e. The summed E-state index contributed by atoms with van der Waals surface area (Å²) in [5.41, 5.74) is 7.16. The first-order chi connectivity index (χ1) is 12.5. The summed E-state index contributed by atoms with van der Waals surface area (Å²) in [6.07, 6.45) is 6.89. The maximum atomic E-state index is 13.2. The number of carbonyl (C=O) groups is 1. The van der Waals surface area contributed by atoms with E-state index < -0.39 is 4.92 Å². The summed E-state index contributed by atoms with van der Waals surface area (Å²) in [5, 5.41) is 11.0. The first-order valence-corrected chi connectivity index (χ1v) is 9.38. The van der Waals surface area contributed by atoms with Crippen LogP contribution in [0.1, 0.15) is 37.7 Å². The highest BCUT2D eigenvalue weighted by molar-refractivity contribution is 5.85. The van der Waals surface area contributed by atoms with Crippen LogP contribution in [0, 0.1) is 27.9 Å². The van der Waals surface area contributed by atoms with Crippen molar-refractivity contribution < 1.29 is 9.72 Å². The molecule has 2 aliphatic rings. The van der Waals surface area contributed by atoms with E-state index in [1.807, 2.05) is 6.07 Å². The van der Waals surface area contributed by atoms with Crippen LogP contribution in [0.15, 0.2) is 36.9 Å². The molecule has 0 aliphatic heterocycles. The van der Waals surface area contributed by atoms with Crippen LogP contribution in [0.5, 0.6) is 0 Å². The van der Waals surface area contributed by atoms with Crippen molar-refractivity contribution in [3.05, 3.63) is 52.6 Å². The van der Waals surface area contributed by atoms with Crippen LogP contribution in [-0.2, 0) is 11.3 Å². The molecule has 2 saturated carbocycles. The maximum Gasteiger partial charge on any atom is 0.269 e. The van der Waals surface area contributed by atoms with E-state index in [0.29, 0.717) is 24.9 Å². The third kappa shape index (κ3) is 4.87. The van der Waals surface area contributed by atoms with E-state index in [2.05, 4.69) is 6.58 Å². The van der Waals surface area contributed by atoms with Crippen molar-refractivity contribution in [2.45, 2.75) is 44.7 Å². The SMILES string of the molecule is C=CCN(Cc1cccc([N+](=O)[O-])c1)C(=O)C1CC2CCCC(C1)C2N.Cl. The zero-order chi connectivity index (χ0) is 18.7. The number of carbonyl (C=O) groups excluding carboxylic acids is 1. The van der Waals surface area contributed by atoms with Gasteiger partial charge in [0.25, 0.3) is 5.69 Å². The second-order valence-corrected chi connectivity index (χ2v) is 7.63. The predicted octanol–water partition coefficient (Wildman–Crippen LogP) is 3.68. The van der Waals surface area contributed by atoms with Crippen LogP contribution in [-0.4, -0.2) is 28.3 Å². The summed E-state index contributed by atoms with van der Waals surface area (Å²) in [6, 6.07) is 6.72. The molecule has 2 fully saturated rings. The van der Waals surface area contributed by atoms with E-state index in [9.17, 15) is 14.9 Å². The van der Waals surface area contributed by atoms with Crippen LogP contribution in [0.2, 0.25) is 0 Å². The van der Waals surface area contributed by atoms with Crippen LogP contribution in [0.25, 0.3) is 0 Å². The monoisotopic (exact) mass is 393 g/mol. The van der Waals surface area contributed by atoms with E-state index in [-0.39, 0.29) is 36.0 Å². The van der Waals surface area contributed by atoms with Gasteiger partial charge in [0.15, 0.2) is 0 Å². The molecule has 148 valence electrons. The van der Waals surface area contributed by atoms with Crippen LogP contribution < -0.4 is 5.73 Å². The number of nitro benzene ring substituents is 1. The number of halogens is 1. The predicted molar refractivity (Wildman–Crippen MR) is 107 cm³/mol. The van der Waals surface area contributed by atoms with Crippen molar-refractivity contribution in [1.29, 1.82) is 0 Å². The van der Waals surface area contributed by atoms with Gasteiger partial charge in [-0.1, -0.05) is 24.6 Å². The van der Waals surface area contributed by atoms with Crippen molar-refractivity contribution in [3.8, 4) is 0 Å². The molecule has 6 nitrogen and oxygen atoms in total. The van der Waals surface area contributed by atoms with Crippen LogP contribution >= 0.6 is 12.4 Å². The molecule has 2 unspecified atom stereocenters. The number of hydrogen-bond donors (Lipinski definition) is 1. The lowest BCUT2D eigenvalue weighted by molar-refractivity contribution is -0.384. The topological polar surface area (TPSA) is 89.5 Å². The molecule has 1 amide bonds. The van der Waals surface area contributed by atoms with Gasteiger partial charge in [0, 0.05) is 37.2 Å². The molecule has 0 aromatic heterocycles. The molecule has 0 spiro atoms. The van der Waals surface area contributed by atoms with Crippen LogP contribution in [0.4, 0.5) is 5.69 Å². The minimum atomic E-state index is -0.410. The molecular weight excluding hydrogens is 366 g/mol. The van der Waals surface area contributed by atoms with Gasteiger partial charge in [-0.05, 0) is 43.1 Å². The fourth-order valence-corrected chi connectivity index (χ4v) is 4.63. The molecule has 3 rings (SSSR count). The number of non-ortho nitro benzene ring substituents is 1.